The number of hydrogen-bond acceptors (Lipinski definition) is 5. The van der Waals surface area contributed by atoms with E-state index >= 15 is 0 Å². The Labute approximate surface area is 297 Å². The molecular weight excluding hydrogens is 639 g/mol. The van der Waals surface area contributed by atoms with Crippen LogP contribution in [0.25, 0.3) is 99.7 Å². The van der Waals surface area contributed by atoms with Crippen LogP contribution in [-0.4, -0.2) is 34.1 Å². The van der Waals surface area contributed by atoms with Crippen molar-refractivity contribution in [2.75, 3.05) is 0 Å². The molecule has 0 aliphatic rings. The summed E-state index contributed by atoms with van der Waals surface area (Å²) < 4.78 is 4.74. The lowest BCUT2D eigenvalue weighted by Gasteiger charge is -2.13. The van der Waals surface area contributed by atoms with E-state index in [-0.39, 0.29) is 0 Å². The molecule has 0 aliphatic carbocycles. The molecule has 4 aromatic carbocycles. The molecule has 7 nitrogen and oxygen atoms in total. The van der Waals surface area contributed by atoms with Crippen molar-refractivity contribution in [1.29, 1.82) is 0 Å². The first kappa shape index (κ1) is 28.6. The van der Waals surface area contributed by atoms with Crippen LogP contribution in [0.3, 0.4) is 0 Å². The predicted octanol–water partition coefficient (Wildman–Crippen LogP) is 10.5. The Balaban J connectivity index is 1.23. The molecule has 0 N–H and O–H groups in total. The van der Waals surface area contributed by atoms with Gasteiger partial charge in [0.2, 0.25) is 0 Å². The summed E-state index contributed by atoms with van der Waals surface area (Å²) in [5.41, 5.74) is 13.2. The standard InChI is InChI=1S/C45H27N7/c1-2-10-29(11-3-1)51-40-16-6-4-12-31(40)44-42(51)20-21-43-45(44)32-13-5-7-17-41(32)52(43)30-25-37(28-24-38-33(48-27-28)14-8-23-47-38)50-39(26-30)36-19-18-34-35(49-36)15-9-22-46-34/h1-27H. The minimum atomic E-state index is 0.757. The smallest absolute Gasteiger partial charge is 0.0914 e. The average molecular weight is 666 g/mol. The van der Waals surface area contributed by atoms with Gasteiger partial charge in [0.15, 0.2) is 0 Å². The molecule has 7 aromatic heterocycles. The maximum atomic E-state index is 5.22. The van der Waals surface area contributed by atoms with Crippen LogP contribution in [0.1, 0.15) is 0 Å². The van der Waals surface area contributed by atoms with Crippen LogP contribution in [0.15, 0.2) is 164 Å². The fourth-order valence-electron chi connectivity index (χ4n) is 7.77. The van der Waals surface area contributed by atoms with Crippen LogP contribution in [0, 0.1) is 0 Å². The summed E-state index contributed by atoms with van der Waals surface area (Å²) in [5.74, 6) is 0. The Hall–Kier alpha value is -7.25. The summed E-state index contributed by atoms with van der Waals surface area (Å²) >= 11 is 0. The number of nitrogens with zero attached hydrogens (tertiary/aromatic N) is 7. The minimum Gasteiger partial charge on any atom is -0.309 e. The van der Waals surface area contributed by atoms with Gasteiger partial charge in [-0.05, 0) is 91.0 Å². The van der Waals surface area contributed by atoms with E-state index in [1.165, 1.54) is 32.6 Å². The zero-order valence-corrected chi connectivity index (χ0v) is 27.7. The molecule has 0 radical (unpaired) electrons. The normalized spacial score (nSPS) is 11.8. The van der Waals surface area contributed by atoms with Crippen LogP contribution >= 0.6 is 0 Å². The van der Waals surface area contributed by atoms with Crippen molar-refractivity contribution < 1.29 is 0 Å². The Bertz CT molecular complexity index is 3100. The highest BCUT2D eigenvalue weighted by atomic mass is 15.0. The van der Waals surface area contributed by atoms with E-state index in [2.05, 4.69) is 128 Å². The van der Waals surface area contributed by atoms with Gasteiger partial charge in [-0.2, -0.15) is 0 Å². The zero-order chi connectivity index (χ0) is 34.2. The van der Waals surface area contributed by atoms with Crippen molar-refractivity contribution in [3.8, 4) is 34.0 Å². The molecule has 0 atom stereocenters. The van der Waals surface area contributed by atoms with E-state index in [9.17, 15) is 0 Å². The number of hydrogen-bond donors (Lipinski definition) is 0. The lowest BCUT2D eigenvalue weighted by atomic mass is 10.1. The van der Waals surface area contributed by atoms with Gasteiger partial charge in [-0.1, -0.05) is 54.6 Å². The monoisotopic (exact) mass is 665 g/mol. The Morgan fingerprint density at radius 1 is 0.365 bits per heavy atom. The first-order chi connectivity index (χ1) is 25.8. The maximum Gasteiger partial charge on any atom is 0.0914 e. The first-order valence-electron chi connectivity index (χ1n) is 17.2. The van der Waals surface area contributed by atoms with Crippen LogP contribution in [0.2, 0.25) is 0 Å². The minimum absolute atomic E-state index is 0.757. The number of pyridine rings is 5. The second-order valence-electron chi connectivity index (χ2n) is 13.0. The van der Waals surface area contributed by atoms with Gasteiger partial charge >= 0.3 is 0 Å². The van der Waals surface area contributed by atoms with Crippen LogP contribution in [-0.2, 0) is 0 Å². The summed E-state index contributed by atoms with van der Waals surface area (Å²) in [7, 11) is 0. The molecule has 52 heavy (non-hydrogen) atoms. The van der Waals surface area contributed by atoms with E-state index in [0.29, 0.717) is 0 Å². The molecule has 7 heterocycles. The number of rotatable bonds is 4. The topological polar surface area (TPSA) is 74.3 Å². The molecular formula is C45H27N7. The summed E-state index contributed by atoms with van der Waals surface area (Å²) in [6.45, 7) is 0. The summed E-state index contributed by atoms with van der Waals surface area (Å²) in [6.07, 6.45) is 5.47. The van der Waals surface area contributed by atoms with Gasteiger partial charge in [0.05, 0.1) is 66.9 Å². The quantitative estimate of drug-likeness (QED) is 0.187. The molecule has 0 saturated carbocycles. The third kappa shape index (κ3) is 4.29. The predicted molar refractivity (Wildman–Crippen MR) is 210 cm³/mol. The van der Waals surface area contributed by atoms with E-state index in [0.717, 1.165) is 67.1 Å². The highest BCUT2D eigenvalue weighted by Gasteiger charge is 2.21. The van der Waals surface area contributed by atoms with Gasteiger partial charge in [-0.25, -0.2) is 9.97 Å². The molecule has 0 saturated heterocycles. The van der Waals surface area contributed by atoms with E-state index < -0.39 is 0 Å². The largest absolute Gasteiger partial charge is 0.309 e. The van der Waals surface area contributed by atoms with Crippen molar-refractivity contribution >= 4 is 65.7 Å². The van der Waals surface area contributed by atoms with Crippen molar-refractivity contribution in [2.24, 2.45) is 0 Å². The van der Waals surface area contributed by atoms with Crippen molar-refractivity contribution in [3.63, 3.8) is 0 Å². The third-order valence-corrected chi connectivity index (χ3v) is 10.0. The fourth-order valence-corrected chi connectivity index (χ4v) is 7.77. The number of aromatic nitrogens is 7. The summed E-state index contributed by atoms with van der Waals surface area (Å²) in [6, 6.07) is 50.7. The number of para-hydroxylation sites is 3. The van der Waals surface area contributed by atoms with E-state index in [4.69, 9.17) is 15.0 Å². The van der Waals surface area contributed by atoms with Gasteiger partial charge < -0.3 is 9.13 Å². The highest BCUT2D eigenvalue weighted by Crippen LogP contribution is 2.43. The van der Waals surface area contributed by atoms with E-state index in [1.807, 2.05) is 42.6 Å². The summed E-state index contributed by atoms with van der Waals surface area (Å²) in [4.78, 5) is 24.1. The fraction of sp³-hybridized carbons (Fsp3) is 0. The number of fused-ring (bicyclic) bond motifs is 9. The van der Waals surface area contributed by atoms with Crippen molar-refractivity contribution in [3.05, 3.63) is 164 Å². The molecule has 0 spiro atoms. The Kier molecular flexibility index (Phi) is 6.12. The molecule has 0 fully saturated rings. The molecule has 242 valence electrons. The van der Waals surface area contributed by atoms with E-state index in [1.54, 1.807) is 12.4 Å². The first-order valence-corrected chi connectivity index (χ1v) is 17.2. The molecule has 0 unspecified atom stereocenters. The molecule has 7 heteroatoms. The van der Waals surface area contributed by atoms with Gasteiger partial charge in [0.1, 0.15) is 0 Å². The van der Waals surface area contributed by atoms with Crippen molar-refractivity contribution in [2.45, 2.75) is 0 Å². The van der Waals surface area contributed by atoms with Gasteiger partial charge in [-0.3, -0.25) is 15.0 Å². The number of benzene rings is 4. The SMILES string of the molecule is c1ccc(-n2c3ccccc3c3c4c5ccccc5n(-c5cc(-c6cnc7cccnc7c6)nc(-c6ccc7ncccc7n6)c5)c4ccc32)cc1. The highest BCUT2D eigenvalue weighted by molar-refractivity contribution is 6.28. The van der Waals surface area contributed by atoms with Crippen LogP contribution in [0.4, 0.5) is 0 Å². The van der Waals surface area contributed by atoms with Crippen molar-refractivity contribution in [1.82, 2.24) is 34.1 Å². The second kappa shape index (κ2) is 11.1. The van der Waals surface area contributed by atoms with Crippen LogP contribution < -0.4 is 0 Å². The molecule has 0 bridgehead atoms. The zero-order valence-electron chi connectivity index (χ0n) is 27.7. The second-order valence-corrected chi connectivity index (χ2v) is 13.0. The van der Waals surface area contributed by atoms with Gasteiger partial charge in [-0.15, -0.1) is 0 Å². The van der Waals surface area contributed by atoms with Gasteiger partial charge in [0, 0.05) is 51.4 Å². The van der Waals surface area contributed by atoms with Crippen LogP contribution in [0.5, 0.6) is 0 Å². The molecule has 0 aliphatic heterocycles. The maximum absolute atomic E-state index is 5.22. The Morgan fingerprint density at radius 3 is 1.73 bits per heavy atom. The third-order valence-electron chi connectivity index (χ3n) is 10.0. The lowest BCUT2D eigenvalue weighted by molar-refractivity contribution is 1.15. The molecule has 11 aromatic rings. The summed E-state index contributed by atoms with van der Waals surface area (Å²) in [5, 5.41) is 4.85. The Morgan fingerprint density at radius 2 is 0.981 bits per heavy atom. The lowest BCUT2D eigenvalue weighted by Crippen LogP contribution is -1.99. The molecule has 11 rings (SSSR count). The van der Waals surface area contributed by atoms with Gasteiger partial charge in [0.25, 0.3) is 0 Å². The average Bonchev–Trinajstić information content (AvgIpc) is 3.73. The molecule has 0 amide bonds.